The van der Waals surface area contributed by atoms with Crippen LogP contribution in [0.3, 0.4) is 0 Å². The fraction of sp³-hybridized carbons (Fsp3) is 0.429. The average molecular weight is 235 g/mol. The van der Waals surface area contributed by atoms with Crippen LogP contribution in [0.1, 0.15) is 6.42 Å². The van der Waals surface area contributed by atoms with Gasteiger partial charge in [-0.1, -0.05) is 0 Å². The number of hydrogen-bond donors (Lipinski definition) is 4. The van der Waals surface area contributed by atoms with Crippen LogP contribution in [0, 0.1) is 0 Å². The molecule has 0 saturated heterocycles. The fourth-order valence-corrected chi connectivity index (χ4v) is 0.653. The van der Waals surface area contributed by atoms with Gasteiger partial charge in [-0.3, -0.25) is 9.59 Å². The van der Waals surface area contributed by atoms with Gasteiger partial charge in [-0.05, 0) is 0 Å². The molecular weight excluding hydrogens is 226 g/mol. The summed E-state index contributed by atoms with van der Waals surface area (Å²) in [5.74, 6) is -6.54. The molecule has 1 atom stereocenters. The maximum Gasteiger partial charge on any atom is 0.356 e. The van der Waals surface area contributed by atoms with Crippen LogP contribution in [0.2, 0.25) is 0 Å². The SMILES string of the molecule is N[C@@H](CC(=O)OC(C(=O)O)C(=O)O)C(=O)O. The van der Waals surface area contributed by atoms with Crippen molar-refractivity contribution in [3.05, 3.63) is 0 Å². The zero-order chi connectivity index (χ0) is 12.9. The van der Waals surface area contributed by atoms with Gasteiger partial charge in [-0.25, -0.2) is 9.59 Å². The van der Waals surface area contributed by atoms with E-state index in [9.17, 15) is 19.2 Å². The minimum atomic E-state index is -2.37. The molecule has 90 valence electrons. The van der Waals surface area contributed by atoms with E-state index < -0.39 is 42.4 Å². The van der Waals surface area contributed by atoms with E-state index in [4.69, 9.17) is 21.1 Å². The monoisotopic (exact) mass is 235 g/mol. The molecule has 0 aliphatic rings. The van der Waals surface area contributed by atoms with Gasteiger partial charge in [-0.15, -0.1) is 0 Å². The molecule has 0 aromatic carbocycles. The summed E-state index contributed by atoms with van der Waals surface area (Å²) in [5.41, 5.74) is 4.95. The van der Waals surface area contributed by atoms with Gasteiger partial charge in [0.2, 0.25) is 0 Å². The molecule has 0 heterocycles. The normalized spacial score (nSPS) is 11.9. The lowest BCUT2D eigenvalue weighted by Gasteiger charge is -2.10. The molecule has 0 aromatic heterocycles. The molecule has 9 nitrogen and oxygen atoms in total. The highest BCUT2D eigenvalue weighted by Crippen LogP contribution is 1.99. The Labute approximate surface area is 88.4 Å². The van der Waals surface area contributed by atoms with Crippen molar-refractivity contribution >= 4 is 23.9 Å². The van der Waals surface area contributed by atoms with E-state index >= 15 is 0 Å². The number of hydrogen-bond acceptors (Lipinski definition) is 6. The van der Waals surface area contributed by atoms with Gasteiger partial charge in [0.1, 0.15) is 6.04 Å². The lowest BCUT2D eigenvalue weighted by Crippen LogP contribution is -2.38. The standard InChI is InChI=1S/C7H9NO8/c8-2(5(10)11)1-3(9)16-4(6(12)13)7(14)15/h2,4H,1,8H2,(H,10,11)(H,12,13)(H,14,15)/t2-/m0/s1. The zero-order valence-corrected chi connectivity index (χ0v) is 7.82. The van der Waals surface area contributed by atoms with Crippen LogP contribution in [0.4, 0.5) is 0 Å². The molecular formula is C7H9NO8. The molecule has 0 aliphatic carbocycles. The number of carboxylic acid groups (broad SMARTS) is 3. The van der Waals surface area contributed by atoms with Crippen molar-refractivity contribution in [3.8, 4) is 0 Å². The predicted molar refractivity (Wildman–Crippen MR) is 45.4 cm³/mol. The number of carboxylic acids is 3. The highest BCUT2D eigenvalue weighted by Gasteiger charge is 2.31. The van der Waals surface area contributed by atoms with Gasteiger partial charge in [0, 0.05) is 0 Å². The summed E-state index contributed by atoms with van der Waals surface area (Å²) < 4.78 is 4.01. The van der Waals surface area contributed by atoms with Crippen molar-refractivity contribution in [3.63, 3.8) is 0 Å². The lowest BCUT2D eigenvalue weighted by atomic mass is 10.2. The topological polar surface area (TPSA) is 164 Å². The summed E-state index contributed by atoms with van der Waals surface area (Å²) in [6, 6.07) is -1.57. The van der Waals surface area contributed by atoms with Crippen molar-refractivity contribution in [2.75, 3.05) is 0 Å². The number of ether oxygens (including phenoxy) is 1. The molecule has 0 rings (SSSR count). The molecule has 0 aromatic rings. The summed E-state index contributed by atoms with van der Waals surface area (Å²) >= 11 is 0. The first-order valence-corrected chi connectivity index (χ1v) is 3.89. The predicted octanol–water partition coefficient (Wildman–Crippen LogP) is -2.13. The van der Waals surface area contributed by atoms with Crippen LogP contribution in [0.5, 0.6) is 0 Å². The summed E-state index contributed by atoms with van der Waals surface area (Å²) in [7, 11) is 0. The van der Waals surface area contributed by atoms with E-state index in [1.807, 2.05) is 0 Å². The lowest BCUT2D eigenvalue weighted by molar-refractivity contribution is -0.175. The second-order valence-corrected chi connectivity index (χ2v) is 2.70. The number of aliphatic carboxylic acids is 3. The Bertz CT molecular complexity index is 310. The summed E-state index contributed by atoms with van der Waals surface area (Å²) in [6.45, 7) is 0. The first-order valence-electron chi connectivity index (χ1n) is 3.89. The van der Waals surface area contributed by atoms with E-state index in [2.05, 4.69) is 4.74 Å². The molecule has 16 heavy (non-hydrogen) atoms. The number of carbonyl (C=O) groups excluding carboxylic acids is 1. The van der Waals surface area contributed by atoms with Gasteiger partial charge in [0.05, 0.1) is 6.42 Å². The van der Waals surface area contributed by atoms with Crippen LogP contribution in [-0.2, 0) is 23.9 Å². The maximum atomic E-state index is 10.9. The van der Waals surface area contributed by atoms with Crippen LogP contribution in [0.15, 0.2) is 0 Å². The zero-order valence-electron chi connectivity index (χ0n) is 7.82. The Balaban J connectivity index is 4.37. The van der Waals surface area contributed by atoms with Crippen LogP contribution in [0.25, 0.3) is 0 Å². The van der Waals surface area contributed by atoms with Gasteiger partial charge >= 0.3 is 23.9 Å². The Hall–Kier alpha value is -2.16. The Morgan fingerprint density at radius 2 is 1.44 bits per heavy atom. The van der Waals surface area contributed by atoms with Crippen molar-refractivity contribution in [2.45, 2.75) is 18.6 Å². The van der Waals surface area contributed by atoms with Crippen LogP contribution < -0.4 is 5.73 Å². The smallest absolute Gasteiger partial charge is 0.356 e. The molecule has 0 fully saturated rings. The highest BCUT2D eigenvalue weighted by molar-refractivity contribution is 5.98. The van der Waals surface area contributed by atoms with Crippen LogP contribution in [-0.4, -0.2) is 51.3 Å². The summed E-state index contributed by atoms with van der Waals surface area (Å²) in [5, 5.41) is 25.0. The first-order chi connectivity index (χ1) is 7.25. The number of esters is 1. The van der Waals surface area contributed by atoms with Crippen molar-refractivity contribution in [2.24, 2.45) is 5.73 Å². The molecule has 5 N–H and O–H groups in total. The molecule has 0 saturated carbocycles. The third kappa shape index (κ3) is 4.37. The Morgan fingerprint density at radius 1 is 1.00 bits per heavy atom. The third-order valence-corrected chi connectivity index (χ3v) is 1.40. The number of nitrogens with two attached hydrogens (primary N) is 1. The van der Waals surface area contributed by atoms with Gasteiger partial charge in [0.15, 0.2) is 0 Å². The van der Waals surface area contributed by atoms with E-state index in [0.29, 0.717) is 0 Å². The van der Waals surface area contributed by atoms with E-state index in [0.717, 1.165) is 0 Å². The quantitative estimate of drug-likeness (QED) is 0.297. The van der Waals surface area contributed by atoms with Crippen molar-refractivity contribution in [1.29, 1.82) is 0 Å². The van der Waals surface area contributed by atoms with Gasteiger partial charge in [-0.2, -0.15) is 0 Å². The number of carbonyl (C=O) groups is 4. The van der Waals surface area contributed by atoms with E-state index in [1.165, 1.54) is 0 Å². The molecule has 9 heteroatoms. The Morgan fingerprint density at radius 3 is 1.75 bits per heavy atom. The second kappa shape index (κ2) is 5.66. The molecule has 0 radical (unpaired) electrons. The number of rotatable bonds is 6. The third-order valence-electron chi connectivity index (χ3n) is 1.40. The molecule has 0 amide bonds. The van der Waals surface area contributed by atoms with Crippen molar-refractivity contribution < 1.29 is 39.2 Å². The molecule has 0 aliphatic heterocycles. The van der Waals surface area contributed by atoms with Crippen LogP contribution >= 0.6 is 0 Å². The molecule has 0 unspecified atom stereocenters. The van der Waals surface area contributed by atoms with E-state index in [-0.39, 0.29) is 0 Å². The second-order valence-electron chi connectivity index (χ2n) is 2.70. The Kier molecular flexibility index (Phi) is 4.89. The highest BCUT2D eigenvalue weighted by atomic mass is 16.6. The summed E-state index contributed by atoms with van der Waals surface area (Å²) in [6.07, 6.45) is -3.18. The largest absolute Gasteiger partial charge is 0.480 e. The molecule has 0 bridgehead atoms. The van der Waals surface area contributed by atoms with E-state index in [1.54, 1.807) is 0 Å². The maximum absolute atomic E-state index is 10.9. The first kappa shape index (κ1) is 13.8. The summed E-state index contributed by atoms with van der Waals surface area (Å²) in [4.78, 5) is 41.7. The molecule has 0 spiro atoms. The minimum Gasteiger partial charge on any atom is -0.480 e. The minimum absolute atomic E-state index is 0.813. The van der Waals surface area contributed by atoms with Gasteiger partial charge < -0.3 is 25.8 Å². The van der Waals surface area contributed by atoms with Crippen molar-refractivity contribution in [1.82, 2.24) is 0 Å². The van der Waals surface area contributed by atoms with Gasteiger partial charge in [0.25, 0.3) is 6.10 Å². The average Bonchev–Trinajstić information content (AvgIpc) is 2.12. The fourth-order valence-electron chi connectivity index (χ4n) is 0.653.